The summed E-state index contributed by atoms with van der Waals surface area (Å²) in [5, 5.41) is 9.56. The van der Waals surface area contributed by atoms with Gasteiger partial charge in [-0.25, -0.2) is 4.99 Å². The van der Waals surface area contributed by atoms with Gasteiger partial charge in [-0.15, -0.1) is 0 Å². The summed E-state index contributed by atoms with van der Waals surface area (Å²) in [5.74, 6) is 2.04. The molecule has 5 N–H and O–H groups in total. The normalized spacial score (nSPS) is 26.7. The molecule has 6 nitrogen and oxygen atoms in total. The smallest absolute Gasteiger partial charge is 0.123 e. The van der Waals surface area contributed by atoms with E-state index in [4.69, 9.17) is 16.5 Å². The van der Waals surface area contributed by atoms with Gasteiger partial charge in [-0.05, 0) is 44.9 Å². The van der Waals surface area contributed by atoms with Crippen LogP contribution in [-0.4, -0.2) is 59.2 Å². The van der Waals surface area contributed by atoms with Gasteiger partial charge in [0.15, 0.2) is 0 Å². The molecule has 2 fully saturated rings. The third kappa shape index (κ3) is 4.69. The predicted octanol–water partition coefficient (Wildman–Crippen LogP) is 0.678. The number of likely N-dealkylation sites (tertiary alicyclic amines) is 2. The third-order valence-corrected chi connectivity index (χ3v) is 4.91. The molecule has 2 unspecified atom stereocenters. The first-order chi connectivity index (χ1) is 10.5. The number of nitrogens with zero attached hydrogens (tertiary/aromatic N) is 3. The Kier molecular flexibility index (Phi) is 6.23. The van der Waals surface area contributed by atoms with E-state index in [0.29, 0.717) is 6.04 Å². The Morgan fingerprint density at radius 2 is 1.77 bits per heavy atom. The number of rotatable bonds is 3. The van der Waals surface area contributed by atoms with Crippen LogP contribution in [0, 0.1) is 5.92 Å². The molecule has 0 aromatic rings. The van der Waals surface area contributed by atoms with Gasteiger partial charge in [0.2, 0.25) is 0 Å². The fourth-order valence-electron chi connectivity index (χ4n) is 3.27. The Labute approximate surface area is 133 Å². The Balaban J connectivity index is 1.89. The topological polar surface area (TPSA) is 91.1 Å². The highest BCUT2D eigenvalue weighted by Gasteiger charge is 2.22. The van der Waals surface area contributed by atoms with Crippen molar-refractivity contribution in [3.63, 3.8) is 0 Å². The molecule has 0 aromatic heterocycles. The maximum atomic E-state index is 9.56. The molecule has 0 amide bonds. The van der Waals surface area contributed by atoms with E-state index in [1.54, 1.807) is 0 Å². The molecule has 2 saturated heterocycles. The molecule has 0 saturated carbocycles. The molecular formula is C16H31N5O. The van der Waals surface area contributed by atoms with Crippen LogP contribution in [0.15, 0.2) is 17.4 Å². The minimum atomic E-state index is -0.704. The first kappa shape index (κ1) is 17.2. The summed E-state index contributed by atoms with van der Waals surface area (Å²) in [6.07, 6.45) is 4.24. The Morgan fingerprint density at radius 3 is 2.41 bits per heavy atom. The molecule has 2 heterocycles. The molecule has 0 aliphatic carbocycles. The van der Waals surface area contributed by atoms with E-state index in [1.807, 2.05) is 6.92 Å². The van der Waals surface area contributed by atoms with E-state index in [2.05, 4.69) is 16.4 Å². The van der Waals surface area contributed by atoms with E-state index >= 15 is 0 Å². The van der Waals surface area contributed by atoms with Crippen LogP contribution in [0.25, 0.3) is 0 Å². The lowest BCUT2D eigenvalue weighted by Crippen LogP contribution is -2.39. The van der Waals surface area contributed by atoms with E-state index in [9.17, 15) is 5.11 Å². The zero-order valence-corrected chi connectivity index (χ0v) is 13.7. The van der Waals surface area contributed by atoms with Crippen molar-refractivity contribution in [3.05, 3.63) is 12.4 Å². The molecule has 0 aromatic carbocycles. The van der Waals surface area contributed by atoms with Crippen molar-refractivity contribution in [3.8, 4) is 0 Å². The van der Waals surface area contributed by atoms with Crippen molar-refractivity contribution in [2.75, 3.05) is 26.2 Å². The van der Waals surface area contributed by atoms with Crippen molar-refractivity contribution in [2.24, 2.45) is 22.4 Å². The third-order valence-electron chi connectivity index (χ3n) is 4.91. The first-order valence-corrected chi connectivity index (χ1v) is 8.40. The molecule has 2 aliphatic rings. The summed E-state index contributed by atoms with van der Waals surface area (Å²) in [5.41, 5.74) is 11.6. The number of aliphatic hydroxyl groups excluding tert-OH is 1. The molecule has 0 spiro atoms. The zero-order valence-electron chi connectivity index (χ0n) is 13.7. The van der Waals surface area contributed by atoms with E-state index in [1.165, 1.54) is 0 Å². The molecule has 0 bridgehead atoms. The largest absolute Gasteiger partial charge is 0.379 e. The van der Waals surface area contributed by atoms with Gasteiger partial charge in [0.1, 0.15) is 17.9 Å². The standard InChI is InChI=1S/C16H31N5O/c1-12(19-13(2)21-10-6-15(17)7-11-21)20-8-3-4-14(5-9-20)16(18)22/h14-16,22H,2-11,17-18H2,1H3/b19-12+. The monoisotopic (exact) mass is 309 g/mol. The summed E-state index contributed by atoms with van der Waals surface area (Å²) < 4.78 is 0. The summed E-state index contributed by atoms with van der Waals surface area (Å²) in [6, 6.07) is 0.319. The second kappa shape index (κ2) is 7.94. The van der Waals surface area contributed by atoms with Crippen molar-refractivity contribution in [1.82, 2.24) is 9.80 Å². The lowest BCUT2D eigenvalue weighted by molar-refractivity contribution is 0.106. The van der Waals surface area contributed by atoms with Crippen LogP contribution in [0.5, 0.6) is 0 Å². The SMILES string of the molecule is C=C(/N=C(\C)N1CCCC(C(N)O)CC1)N1CCC(N)CC1. The second-order valence-corrected chi connectivity index (χ2v) is 6.57. The quantitative estimate of drug-likeness (QED) is 0.405. The lowest BCUT2D eigenvalue weighted by Gasteiger charge is -2.32. The molecule has 2 rings (SSSR count). The van der Waals surface area contributed by atoms with Crippen LogP contribution in [-0.2, 0) is 0 Å². The van der Waals surface area contributed by atoms with Gasteiger partial charge in [-0.2, -0.15) is 0 Å². The molecule has 22 heavy (non-hydrogen) atoms. The number of amidine groups is 1. The minimum Gasteiger partial charge on any atom is -0.379 e. The van der Waals surface area contributed by atoms with Gasteiger partial charge in [0.25, 0.3) is 0 Å². The molecule has 126 valence electrons. The van der Waals surface area contributed by atoms with Gasteiger partial charge < -0.3 is 26.4 Å². The number of hydrogen-bond donors (Lipinski definition) is 3. The van der Waals surface area contributed by atoms with Gasteiger partial charge in [0.05, 0.1) is 0 Å². The predicted molar refractivity (Wildman–Crippen MR) is 90.1 cm³/mol. The van der Waals surface area contributed by atoms with Gasteiger partial charge >= 0.3 is 0 Å². The van der Waals surface area contributed by atoms with Crippen molar-refractivity contribution < 1.29 is 5.11 Å². The lowest BCUT2D eigenvalue weighted by atomic mass is 9.99. The van der Waals surface area contributed by atoms with Crippen LogP contribution >= 0.6 is 0 Å². The van der Waals surface area contributed by atoms with Gasteiger partial charge in [0, 0.05) is 32.2 Å². The maximum Gasteiger partial charge on any atom is 0.123 e. The number of hydrogen-bond acceptors (Lipinski definition) is 5. The van der Waals surface area contributed by atoms with Gasteiger partial charge in [-0.3, -0.25) is 0 Å². The van der Waals surface area contributed by atoms with E-state index < -0.39 is 6.23 Å². The fraction of sp³-hybridized carbons (Fsp3) is 0.812. The highest BCUT2D eigenvalue weighted by Crippen LogP contribution is 2.20. The zero-order chi connectivity index (χ0) is 16.1. The average Bonchev–Trinajstić information content (AvgIpc) is 2.73. The summed E-state index contributed by atoms with van der Waals surface area (Å²) in [6.45, 7) is 9.91. The Bertz CT molecular complexity index is 401. The van der Waals surface area contributed by atoms with Crippen LogP contribution in [0.3, 0.4) is 0 Å². The van der Waals surface area contributed by atoms with E-state index in [-0.39, 0.29) is 5.92 Å². The van der Waals surface area contributed by atoms with E-state index in [0.717, 1.165) is 69.9 Å². The second-order valence-electron chi connectivity index (χ2n) is 6.57. The molecular weight excluding hydrogens is 278 g/mol. The fourth-order valence-corrected chi connectivity index (χ4v) is 3.27. The summed E-state index contributed by atoms with van der Waals surface area (Å²) in [7, 11) is 0. The van der Waals surface area contributed by atoms with Crippen molar-refractivity contribution in [1.29, 1.82) is 0 Å². The highest BCUT2D eigenvalue weighted by atomic mass is 16.3. The number of nitrogens with two attached hydrogens (primary N) is 2. The minimum absolute atomic E-state index is 0.199. The van der Waals surface area contributed by atoms with Crippen LogP contribution < -0.4 is 11.5 Å². The highest BCUT2D eigenvalue weighted by molar-refractivity contribution is 5.80. The first-order valence-electron chi connectivity index (χ1n) is 8.40. The van der Waals surface area contributed by atoms with Crippen molar-refractivity contribution >= 4 is 5.84 Å². The van der Waals surface area contributed by atoms with Gasteiger partial charge in [-0.1, -0.05) is 6.58 Å². The molecule has 6 heteroatoms. The Hall–Kier alpha value is -1.11. The number of aliphatic imine (C=N–C) groups is 1. The average molecular weight is 309 g/mol. The number of aliphatic hydroxyl groups is 1. The van der Waals surface area contributed by atoms with Crippen LogP contribution in [0.1, 0.15) is 39.0 Å². The van der Waals surface area contributed by atoms with Crippen LogP contribution in [0.4, 0.5) is 0 Å². The summed E-state index contributed by atoms with van der Waals surface area (Å²) >= 11 is 0. The molecule has 2 atom stereocenters. The summed E-state index contributed by atoms with van der Waals surface area (Å²) in [4.78, 5) is 9.20. The van der Waals surface area contributed by atoms with Crippen molar-refractivity contribution in [2.45, 2.75) is 51.3 Å². The molecule has 2 aliphatic heterocycles. The number of piperidine rings is 1. The molecule has 0 radical (unpaired) electrons. The maximum absolute atomic E-state index is 9.56. The van der Waals surface area contributed by atoms with Crippen LogP contribution in [0.2, 0.25) is 0 Å². The Morgan fingerprint density at radius 1 is 1.14 bits per heavy atom.